The van der Waals surface area contributed by atoms with E-state index in [1.54, 1.807) is 0 Å². The molecular formula is C11H12N2. The molecule has 0 radical (unpaired) electrons. The van der Waals surface area contributed by atoms with Crippen LogP contribution in [0, 0.1) is 6.92 Å². The molecule has 66 valence electrons. The second kappa shape index (κ2) is 2.34. The lowest BCUT2D eigenvalue weighted by atomic mass is 10.1. The summed E-state index contributed by atoms with van der Waals surface area (Å²) in [6.45, 7) is 2.02. The van der Waals surface area contributed by atoms with Gasteiger partial charge in [-0.1, -0.05) is 6.07 Å². The Hall–Kier alpha value is -1.31. The van der Waals surface area contributed by atoms with Gasteiger partial charge >= 0.3 is 0 Å². The van der Waals surface area contributed by atoms with Crippen molar-refractivity contribution in [3.8, 4) is 0 Å². The number of nitrogens with zero attached hydrogens (tertiary/aromatic N) is 1. The molecular weight excluding hydrogens is 160 g/mol. The van der Waals surface area contributed by atoms with Gasteiger partial charge < -0.3 is 4.98 Å². The Labute approximate surface area is 77.0 Å². The molecule has 2 aromatic rings. The molecule has 1 aromatic heterocycles. The monoisotopic (exact) mass is 172 g/mol. The fraction of sp³-hybridized carbons (Fsp3) is 0.364. The fourth-order valence-corrected chi connectivity index (χ4v) is 2.28. The molecule has 2 nitrogen and oxygen atoms in total. The lowest BCUT2D eigenvalue weighted by molar-refractivity contribution is 0.912. The van der Waals surface area contributed by atoms with E-state index >= 15 is 0 Å². The molecule has 1 N–H and O–H groups in total. The maximum Gasteiger partial charge on any atom is 0.104 e. The van der Waals surface area contributed by atoms with Crippen LogP contribution in [0.4, 0.5) is 0 Å². The topological polar surface area (TPSA) is 28.7 Å². The van der Waals surface area contributed by atoms with E-state index in [2.05, 4.69) is 22.1 Å². The zero-order valence-electron chi connectivity index (χ0n) is 7.72. The lowest BCUT2D eigenvalue weighted by Crippen LogP contribution is -1.83. The maximum absolute atomic E-state index is 4.44. The van der Waals surface area contributed by atoms with Crippen LogP contribution in [0.1, 0.15) is 23.4 Å². The first-order chi connectivity index (χ1) is 6.34. The van der Waals surface area contributed by atoms with Crippen molar-refractivity contribution in [3.05, 3.63) is 29.1 Å². The van der Waals surface area contributed by atoms with Crippen molar-refractivity contribution in [2.75, 3.05) is 0 Å². The van der Waals surface area contributed by atoms with E-state index in [9.17, 15) is 0 Å². The summed E-state index contributed by atoms with van der Waals surface area (Å²) >= 11 is 0. The van der Waals surface area contributed by atoms with E-state index in [-0.39, 0.29) is 0 Å². The Morgan fingerprint density at radius 3 is 3.15 bits per heavy atom. The van der Waals surface area contributed by atoms with Gasteiger partial charge in [-0.3, -0.25) is 0 Å². The van der Waals surface area contributed by atoms with E-state index in [1.165, 1.54) is 35.9 Å². The van der Waals surface area contributed by atoms with Crippen LogP contribution in [0.15, 0.2) is 12.1 Å². The Kier molecular flexibility index (Phi) is 1.29. The largest absolute Gasteiger partial charge is 0.342 e. The molecule has 1 heterocycles. The third-order valence-electron chi connectivity index (χ3n) is 2.85. The number of nitrogens with one attached hydrogen (secondary N) is 1. The minimum absolute atomic E-state index is 1.02. The first-order valence-corrected chi connectivity index (χ1v) is 4.82. The number of aryl methyl sites for hydroxylation is 3. The van der Waals surface area contributed by atoms with E-state index in [0.29, 0.717) is 0 Å². The quantitative estimate of drug-likeness (QED) is 0.649. The van der Waals surface area contributed by atoms with Gasteiger partial charge in [-0.25, -0.2) is 4.98 Å². The molecule has 2 heteroatoms. The number of imidazole rings is 1. The van der Waals surface area contributed by atoms with Gasteiger partial charge in [0.2, 0.25) is 0 Å². The summed E-state index contributed by atoms with van der Waals surface area (Å²) in [5.41, 5.74) is 5.40. The molecule has 3 rings (SSSR count). The number of aromatic amines is 1. The van der Waals surface area contributed by atoms with Crippen molar-refractivity contribution in [3.63, 3.8) is 0 Å². The van der Waals surface area contributed by atoms with Gasteiger partial charge in [0.25, 0.3) is 0 Å². The summed E-state index contributed by atoms with van der Waals surface area (Å²) in [5, 5.41) is 0. The number of aromatic nitrogens is 2. The Morgan fingerprint density at radius 1 is 1.31 bits per heavy atom. The number of hydrogen-bond donors (Lipinski definition) is 1. The summed E-state index contributed by atoms with van der Waals surface area (Å²) in [7, 11) is 0. The molecule has 13 heavy (non-hydrogen) atoms. The zero-order chi connectivity index (χ0) is 8.84. The molecule has 0 saturated heterocycles. The Bertz CT molecular complexity index is 468. The number of hydrogen-bond acceptors (Lipinski definition) is 1. The van der Waals surface area contributed by atoms with Crippen molar-refractivity contribution in [1.29, 1.82) is 0 Å². The van der Waals surface area contributed by atoms with Crippen LogP contribution in [0.2, 0.25) is 0 Å². The number of rotatable bonds is 0. The number of H-pyrrole nitrogens is 1. The van der Waals surface area contributed by atoms with Crippen molar-refractivity contribution < 1.29 is 0 Å². The van der Waals surface area contributed by atoms with E-state index in [0.717, 1.165) is 11.3 Å². The van der Waals surface area contributed by atoms with Crippen LogP contribution in [0.25, 0.3) is 11.0 Å². The summed E-state index contributed by atoms with van der Waals surface area (Å²) in [6.07, 6.45) is 3.75. The minimum Gasteiger partial charge on any atom is -0.342 e. The van der Waals surface area contributed by atoms with Crippen LogP contribution in [0.3, 0.4) is 0 Å². The zero-order valence-corrected chi connectivity index (χ0v) is 7.72. The average molecular weight is 172 g/mol. The van der Waals surface area contributed by atoms with Gasteiger partial charge in [0, 0.05) is 0 Å². The molecule has 0 atom stereocenters. The Balaban J connectivity index is 2.42. The van der Waals surface area contributed by atoms with Gasteiger partial charge in [-0.15, -0.1) is 0 Å². The molecule has 0 bridgehead atoms. The van der Waals surface area contributed by atoms with E-state index in [1.807, 2.05) is 6.92 Å². The number of fused-ring (bicyclic) bond motifs is 3. The first-order valence-electron chi connectivity index (χ1n) is 4.82. The highest BCUT2D eigenvalue weighted by Gasteiger charge is 2.15. The van der Waals surface area contributed by atoms with Crippen LogP contribution in [-0.2, 0) is 12.8 Å². The standard InChI is InChI=1S/C11H12N2/c1-7-12-10-6-5-8-3-2-4-9(8)11(10)13-7/h5-6H,2-4H2,1H3,(H,12,13). The highest BCUT2D eigenvalue weighted by atomic mass is 14.9. The molecule has 1 aliphatic carbocycles. The summed E-state index contributed by atoms with van der Waals surface area (Å²) in [4.78, 5) is 7.78. The maximum atomic E-state index is 4.44. The molecule has 0 spiro atoms. The molecule has 0 amide bonds. The fourth-order valence-electron chi connectivity index (χ4n) is 2.28. The average Bonchev–Trinajstić information content (AvgIpc) is 2.65. The van der Waals surface area contributed by atoms with E-state index in [4.69, 9.17) is 0 Å². The van der Waals surface area contributed by atoms with Crippen LogP contribution < -0.4 is 0 Å². The molecule has 1 aliphatic rings. The molecule has 0 saturated carbocycles. The van der Waals surface area contributed by atoms with Gasteiger partial charge in [0.1, 0.15) is 5.82 Å². The molecule has 0 unspecified atom stereocenters. The predicted molar refractivity (Wildman–Crippen MR) is 52.9 cm³/mol. The summed E-state index contributed by atoms with van der Waals surface area (Å²) in [5.74, 6) is 1.02. The van der Waals surface area contributed by atoms with Crippen molar-refractivity contribution in [2.45, 2.75) is 26.2 Å². The van der Waals surface area contributed by atoms with Gasteiger partial charge in [0.15, 0.2) is 0 Å². The highest BCUT2D eigenvalue weighted by molar-refractivity contribution is 5.80. The number of benzene rings is 1. The molecule has 1 aromatic carbocycles. The first kappa shape index (κ1) is 7.13. The summed E-state index contributed by atoms with van der Waals surface area (Å²) in [6, 6.07) is 4.36. The highest BCUT2D eigenvalue weighted by Crippen LogP contribution is 2.28. The van der Waals surface area contributed by atoms with Gasteiger partial charge in [-0.2, -0.15) is 0 Å². The second-order valence-electron chi connectivity index (χ2n) is 3.77. The van der Waals surface area contributed by atoms with Gasteiger partial charge in [0.05, 0.1) is 11.0 Å². The van der Waals surface area contributed by atoms with Crippen LogP contribution in [-0.4, -0.2) is 9.97 Å². The van der Waals surface area contributed by atoms with E-state index < -0.39 is 0 Å². The van der Waals surface area contributed by atoms with Gasteiger partial charge in [-0.05, 0) is 43.4 Å². The third kappa shape index (κ3) is 0.916. The van der Waals surface area contributed by atoms with Crippen molar-refractivity contribution >= 4 is 11.0 Å². The smallest absolute Gasteiger partial charge is 0.104 e. The van der Waals surface area contributed by atoms with Crippen LogP contribution in [0.5, 0.6) is 0 Å². The predicted octanol–water partition coefficient (Wildman–Crippen LogP) is 2.36. The van der Waals surface area contributed by atoms with Crippen molar-refractivity contribution in [1.82, 2.24) is 9.97 Å². The SMILES string of the molecule is Cc1nc2ccc3c(c2[nH]1)CCC3. The normalized spacial score (nSPS) is 15.2. The summed E-state index contributed by atoms with van der Waals surface area (Å²) < 4.78 is 0. The van der Waals surface area contributed by atoms with Crippen LogP contribution >= 0.6 is 0 Å². The lowest BCUT2D eigenvalue weighted by Gasteiger charge is -1.98. The second-order valence-corrected chi connectivity index (χ2v) is 3.77. The third-order valence-corrected chi connectivity index (χ3v) is 2.85. The minimum atomic E-state index is 1.02. The Morgan fingerprint density at radius 2 is 2.23 bits per heavy atom. The molecule has 0 aliphatic heterocycles. The van der Waals surface area contributed by atoms with Crippen molar-refractivity contribution in [2.24, 2.45) is 0 Å². The molecule has 0 fully saturated rings.